The normalized spacial score (nSPS) is 15.5. The summed E-state index contributed by atoms with van der Waals surface area (Å²) in [5.41, 5.74) is 2.29. The Hall–Kier alpha value is -3.75. The van der Waals surface area contributed by atoms with Gasteiger partial charge >= 0.3 is 0 Å². The molecule has 0 spiro atoms. The van der Waals surface area contributed by atoms with Crippen molar-refractivity contribution in [1.29, 1.82) is 0 Å². The number of hydrazine groups is 1. The molecule has 3 amide bonds. The Morgan fingerprint density at radius 3 is 2.34 bits per heavy atom. The summed E-state index contributed by atoms with van der Waals surface area (Å²) in [6.07, 6.45) is 2.69. The molecule has 1 aliphatic carbocycles. The number of hydrogen-bond acceptors (Lipinski definition) is 5. The van der Waals surface area contributed by atoms with Crippen molar-refractivity contribution in [3.8, 4) is 0 Å². The minimum atomic E-state index is -0.646. The van der Waals surface area contributed by atoms with Crippen LogP contribution in [0.25, 0.3) is 0 Å². The summed E-state index contributed by atoms with van der Waals surface area (Å²) in [4.78, 5) is 48.2. The van der Waals surface area contributed by atoms with Crippen LogP contribution in [0.2, 0.25) is 0 Å². The summed E-state index contributed by atoms with van der Waals surface area (Å²) in [5, 5.41) is 16.7. The van der Waals surface area contributed by atoms with Crippen molar-refractivity contribution in [2.75, 3.05) is 18.4 Å². The third-order valence-electron chi connectivity index (χ3n) is 5.90. The molecule has 4 rings (SSSR count). The number of benzene rings is 2. The molecule has 32 heavy (non-hydrogen) atoms. The van der Waals surface area contributed by atoms with Crippen LogP contribution in [0.15, 0.2) is 42.5 Å². The van der Waals surface area contributed by atoms with E-state index in [-0.39, 0.29) is 28.8 Å². The van der Waals surface area contributed by atoms with E-state index in [1.54, 1.807) is 0 Å². The fourth-order valence-electron chi connectivity index (χ4n) is 4.49. The first-order valence-electron chi connectivity index (χ1n) is 10.6. The van der Waals surface area contributed by atoms with Gasteiger partial charge in [0.25, 0.3) is 11.6 Å². The van der Waals surface area contributed by atoms with Crippen LogP contribution in [0.5, 0.6) is 0 Å². The van der Waals surface area contributed by atoms with Crippen LogP contribution in [-0.2, 0) is 22.4 Å². The first-order chi connectivity index (χ1) is 15.3. The van der Waals surface area contributed by atoms with E-state index in [4.69, 9.17) is 0 Å². The van der Waals surface area contributed by atoms with Crippen molar-refractivity contribution in [3.63, 3.8) is 0 Å². The lowest BCUT2D eigenvalue weighted by Gasteiger charge is -2.29. The second-order valence-electron chi connectivity index (χ2n) is 8.22. The van der Waals surface area contributed by atoms with Gasteiger partial charge in [0.1, 0.15) is 5.69 Å². The van der Waals surface area contributed by atoms with Crippen molar-refractivity contribution in [2.24, 2.45) is 5.92 Å². The van der Waals surface area contributed by atoms with Crippen molar-refractivity contribution in [2.45, 2.75) is 32.6 Å². The van der Waals surface area contributed by atoms with E-state index in [9.17, 15) is 24.5 Å². The van der Waals surface area contributed by atoms with Gasteiger partial charge in [-0.2, -0.15) is 0 Å². The molecule has 9 nitrogen and oxygen atoms in total. The average molecular weight is 436 g/mol. The predicted octanol–water partition coefficient (Wildman–Crippen LogP) is 2.95. The number of nitro groups is 1. The van der Waals surface area contributed by atoms with Gasteiger partial charge in [0.05, 0.1) is 4.92 Å². The molecule has 1 N–H and O–H groups in total. The summed E-state index contributed by atoms with van der Waals surface area (Å²) >= 11 is 0. The van der Waals surface area contributed by atoms with Gasteiger partial charge in [0, 0.05) is 38.1 Å². The molecule has 0 bridgehead atoms. The molecule has 1 heterocycles. The minimum absolute atomic E-state index is 0.0224. The number of nitro benzene ring substituents is 1. The number of fused-ring (bicyclic) bond motifs is 1. The number of rotatable bonds is 5. The molecule has 0 radical (unpaired) electrons. The van der Waals surface area contributed by atoms with Gasteiger partial charge in [-0.25, -0.2) is 5.01 Å². The third kappa shape index (κ3) is 4.32. The van der Waals surface area contributed by atoms with Gasteiger partial charge in [-0.05, 0) is 48.4 Å². The Kier molecular flexibility index (Phi) is 5.89. The lowest BCUT2D eigenvalue weighted by atomic mass is 10.0. The maximum Gasteiger partial charge on any atom is 0.293 e. The van der Waals surface area contributed by atoms with Crippen molar-refractivity contribution >= 4 is 29.1 Å². The summed E-state index contributed by atoms with van der Waals surface area (Å²) in [6.45, 7) is 2.06. The lowest BCUT2D eigenvalue weighted by Crippen LogP contribution is -2.45. The molecular formula is C23H24N4O5. The van der Waals surface area contributed by atoms with Gasteiger partial charge in [-0.3, -0.25) is 29.5 Å². The zero-order valence-corrected chi connectivity index (χ0v) is 17.7. The van der Waals surface area contributed by atoms with Crippen LogP contribution >= 0.6 is 0 Å². The Bertz CT molecular complexity index is 1070. The highest BCUT2D eigenvalue weighted by molar-refractivity contribution is 5.98. The van der Waals surface area contributed by atoms with Gasteiger partial charge < -0.3 is 5.32 Å². The van der Waals surface area contributed by atoms with Crippen LogP contribution in [0.4, 0.5) is 11.4 Å². The summed E-state index contributed by atoms with van der Waals surface area (Å²) < 4.78 is 0. The Morgan fingerprint density at radius 1 is 1.06 bits per heavy atom. The largest absolute Gasteiger partial charge is 0.321 e. The van der Waals surface area contributed by atoms with E-state index in [2.05, 4.69) is 17.4 Å². The second-order valence-corrected chi connectivity index (χ2v) is 8.22. The molecule has 1 saturated heterocycles. The average Bonchev–Trinajstić information content (AvgIpc) is 3.39. The van der Waals surface area contributed by atoms with E-state index < -0.39 is 16.7 Å². The summed E-state index contributed by atoms with van der Waals surface area (Å²) in [7, 11) is 0. The summed E-state index contributed by atoms with van der Waals surface area (Å²) in [5.74, 6) is -0.825. The molecule has 0 saturated carbocycles. The number of carbonyl (C=O) groups excluding carboxylic acids is 3. The first-order valence-corrected chi connectivity index (χ1v) is 10.6. The van der Waals surface area contributed by atoms with Gasteiger partial charge in [-0.1, -0.05) is 24.3 Å². The van der Waals surface area contributed by atoms with E-state index in [1.807, 2.05) is 12.1 Å². The molecule has 1 aliphatic heterocycles. The molecular weight excluding hydrogens is 412 g/mol. The van der Waals surface area contributed by atoms with Gasteiger partial charge in [0.15, 0.2) is 0 Å². The highest BCUT2D eigenvalue weighted by Crippen LogP contribution is 2.31. The van der Waals surface area contributed by atoms with Crippen LogP contribution in [-0.4, -0.2) is 45.8 Å². The first kappa shape index (κ1) is 21.5. The predicted molar refractivity (Wildman–Crippen MR) is 117 cm³/mol. The fourth-order valence-corrected chi connectivity index (χ4v) is 4.49. The van der Waals surface area contributed by atoms with E-state index in [0.717, 1.165) is 18.9 Å². The standard InChI is InChI=1S/C23H24N4O5/c1-15(28)24-20-8-7-19(14-21(20)27(31)32)23(30)26-10-4-9-25(26)22(29)13-16-11-17-5-2-3-6-18(17)12-16/h2-3,5-8,14,16H,4,9-13H2,1H3,(H,24,28). The Balaban J connectivity index is 1.48. The highest BCUT2D eigenvalue weighted by Gasteiger charge is 2.34. The minimum Gasteiger partial charge on any atom is -0.321 e. The molecule has 2 aliphatic rings. The summed E-state index contributed by atoms with van der Waals surface area (Å²) in [6, 6.07) is 12.1. The molecule has 2 aromatic carbocycles. The maximum atomic E-state index is 13.1. The zero-order chi connectivity index (χ0) is 22.8. The molecule has 0 unspecified atom stereocenters. The highest BCUT2D eigenvalue weighted by atomic mass is 16.6. The topological polar surface area (TPSA) is 113 Å². The van der Waals surface area contributed by atoms with Crippen LogP contribution < -0.4 is 5.32 Å². The third-order valence-corrected chi connectivity index (χ3v) is 5.90. The quantitative estimate of drug-likeness (QED) is 0.572. The SMILES string of the molecule is CC(=O)Nc1ccc(C(=O)N2CCCN2C(=O)CC2Cc3ccccc3C2)cc1[N+](=O)[O-]. The number of carbonyl (C=O) groups is 3. The number of nitrogens with one attached hydrogen (secondary N) is 1. The van der Waals surface area contributed by atoms with Crippen molar-refractivity contribution in [3.05, 3.63) is 69.3 Å². The van der Waals surface area contributed by atoms with Crippen LogP contribution in [0.1, 0.15) is 41.3 Å². The number of anilines is 1. The molecule has 0 atom stereocenters. The Labute approximate surface area is 185 Å². The maximum absolute atomic E-state index is 13.1. The van der Waals surface area contributed by atoms with Crippen molar-refractivity contribution < 1.29 is 19.3 Å². The number of amides is 3. The number of hydrogen-bond donors (Lipinski definition) is 1. The smallest absolute Gasteiger partial charge is 0.293 e. The fraction of sp³-hybridized carbons (Fsp3) is 0.348. The van der Waals surface area contributed by atoms with Crippen molar-refractivity contribution in [1.82, 2.24) is 10.0 Å². The molecule has 166 valence electrons. The van der Waals surface area contributed by atoms with Crippen LogP contribution in [0, 0.1) is 16.0 Å². The van der Waals surface area contributed by atoms with Gasteiger partial charge in [0.2, 0.25) is 11.8 Å². The monoisotopic (exact) mass is 436 g/mol. The number of nitrogens with zero attached hydrogens (tertiary/aromatic N) is 3. The van der Waals surface area contributed by atoms with Gasteiger partial charge in [-0.15, -0.1) is 0 Å². The molecule has 1 fully saturated rings. The van der Waals surface area contributed by atoms with E-state index in [1.165, 1.54) is 40.2 Å². The molecule has 0 aromatic heterocycles. The zero-order valence-electron chi connectivity index (χ0n) is 17.7. The lowest BCUT2D eigenvalue weighted by molar-refractivity contribution is -0.384. The van der Waals surface area contributed by atoms with E-state index >= 15 is 0 Å². The second kappa shape index (κ2) is 8.78. The molecule has 9 heteroatoms. The molecule has 2 aromatic rings. The van der Waals surface area contributed by atoms with Crippen LogP contribution in [0.3, 0.4) is 0 Å². The van der Waals surface area contributed by atoms with E-state index in [0.29, 0.717) is 25.9 Å². The Morgan fingerprint density at radius 2 is 1.72 bits per heavy atom.